The van der Waals surface area contributed by atoms with Gasteiger partial charge in [-0.3, -0.25) is 9.78 Å². The number of nitrogens with one attached hydrogen (secondary N) is 1. The first kappa shape index (κ1) is 15.8. The van der Waals surface area contributed by atoms with Crippen molar-refractivity contribution in [1.29, 1.82) is 0 Å². The van der Waals surface area contributed by atoms with E-state index in [0.717, 1.165) is 5.56 Å². The number of pyridine rings is 1. The van der Waals surface area contributed by atoms with E-state index in [1.807, 2.05) is 0 Å². The molecule has 1 N–H and O–H groups in total. The molecule has 0 bridgehead atoms. The first-order valence-electron chi connectivity index (χ1n) is 7.83. The van der Waals surface area contributed by atoms with E-state index in [9.17, 15) is 9.18 Å². The highest BCUT2D eigenvalue weighted by Crippen LogP contribution is 2.19. The van der Waals surface area contributed by atoms with Crippen LogP contribution in [0.15, 0.2) is 61.3 Å². The fourth-order valence-corrected chi connectivity index (χ4v) is 2.54. The van der Waals surface area contributed by atoms with Crippen LogP contribution in [-0.4, -0.2) is 30.4 Å². The lowest BCUT2D eigenvalue weighted by Gasteiger charge is -2.06. The first-order valence-corrected chi connectivity index (χ1v) is 7.83. The van der Waals surface area contributed by atoms with E-state index < -0.39 is 0 Å². The summed E-state index contributed by atoms with van der Waals surface area (Å²) in [5.74, 6) is -0.353. The van der Waals surface area contributed by atoms with Crippen LogP contribution in [0.1, 0.15) is 16.1 Å². The molecule has 1 amide bonds. The molecule has 0 saturated carbocycles. The zero-order chi connectivity index (χ0) is 17.9. The molecule has 3 heterocycles. The van der Waals surface area contributed by atoms with Crippen LogP contribution < -0.4 is 5.32 Å². The summed E-state index contributed by atoms with van der Waals surface area (Å²) >= 11 is 0. The SMILES string of the molecule is O=C(Nc1ncnc2c1ncn2Cc1ccc(F)cc1)c1ccccn1. The second-order valence-corrected chi connectivity index (χ2v) is 5.56. The lowest BCUT2D eigenvalue weighted by Crippen LogP contribution is -2.15. The van der Waals surface area contributed by atoms with Gasteiger partial charge in [-0.2, -0.15) is 0 Å². The van der Waals surface area contributed by atoms with Crippen LogP contribution >= 0.6 is 0 Å². The molecule has 0 saturated heterocycles. The van der Waals surface area contributed by atoms with Gasteiger partial charge >= 0.3 is 0 Å². The minimum atomic E-state index is -0.376. The van der Waals surface area contributed by atoms with E-state index in [-0.39, 0.29) is 17.4 Å². The summed E-state index contributed by atoms with van der Waals surface area (Å²) in [6, 6.07) is 11.3. The van der Waals surface area contributed by atoms with Crippen molar-refractivity contribution in [3.8, 4) is 0 Å². The molecule has 0 radical (unpaired) electrons. The molecule has 0 aliphatic rings. The number of hydrogen-bond donors (Lipinski definition) is 1. The summed E-state index contributed by atoms with van der Waals surface area (Å²) in [6.07, 6.45) is 4.51. The van der Waals surface area contributed by atoms with Gasteiger partial charge in [-0.25, -0.2) is 19.3 Å². The molecule has 4 aromatic rings. The van der Waals surface area contributed by atoms with Crippen molar-refractivity contribution < 1.29 is 9.18 Å². The highest BCUT2D eigenvalue weighted by molar-refractivity contribution is 6.05. The van der Waals surface area contributed by atoms with Gasteiger partial charge in [-0.1, -0.05) is 18.2 Å². The molecule has 7 nitrogen and oxygen atoms in total. The predicted octanol–water partition coefficient (Wildman–Crippen LogP) is 2.66. The predicted molar refractivity (Wildman–Crippen MR) is 93.0 cm³/mol. The Labute approximate surface area is 147 Å². The average Bonchev–Trinajstić information content (AvgIpc) is 3.08. The van der Waals surface area contributed by atoms with Crippen LogP contribution in [0.3, 0.4) is 0 Å². The van der Waals surface area contributed by atoms with E-state index in [2.05, 4.69) is 25.3 Å². The lowest BCUT2D eigenvalue weighted by atomic mass is 10.2. The van der Waals surface area contributed by atoms with Gasteiger partial charge in [-0.05, 0) is 29.8 Å². The molecular weight excluding hydrogens is 335 g/mol. The normalized spacial score (nSPS) is 10.8. The molecule has 1 aromatic carbocycles. The van der Waals surface area contributed by atoms with Crippen LogP contribution in [0.5, 0.6) is 0 Å². The average molecular weight is 348 g/mol. The molecular formula is C18H13FN6O. The van der Waals surface area contributed by atoms with E-state index >= 15 is 0 Å². The Morgan fingerprint density at radius 1 is 1.04 bits per heavy atom. The van der Waals surface area contributed by atoms with Crippen molar-refractivity contribution in [1.82, 2.24) is 24.5 Å². The maximum absolute atomic E-state index is 13.0. The van der Waals surface area contributed by atoms with Gasteiger partial charge in [0.2, 0.25) is 0 Å². The van der Waals surface area contributed by atoms with Gasteiger partial charge in [0.05, 0.1) is 12.9 Å². The quantitative estimate of drug-likeness (QED) is 0.613. The lowest BCUT2D eigenvalue weighted by molar-refractivity contribution is 0.102. The van der Waals surface area contributed by atoms with Crippen LogP contribution in [0.25, 0.3) is 11.2 Å². The molecule has 8 heteroatoms. The van der Waals surface area contributed by atoms with Crippen molar-refractivity contribution in [2.24, 2.45) is 0 Å². The van der Waals surface area contributed by atoms with E-state index in [4.69, 9.17) is 0 Å². The van der Waals surface area contributed by atoms with E-state index in [0.29, 0.717) is 23.5 Å². The number of aromatic nitrogens is 5. The second kappa shape index (κ2) is 6.67. The van der Waals surface area contributed by atoms with Gasteiger partial charge in [0, 0.05) is 6.20 Å². The summed E-state index contributed by atoms with van der Waals surface area (Å²) in [5, 5.41) is 2.71. The number of carbonyl (C=O) groups is 1. The third-order valence-electron chi connectivity index (χ3n) is 3.80. The minimum Gasteiger partial charge on any atom is -0.311 e. The first-order chi connectivity index (χ1) is 12.7. The number of halogens is 1. The van der Waals surface area contributed by atoms with Crippen molar-refractivity contribution in [3.05, 3.63) is 78.4 Å². The topological polar surface area (TPSA) is 85.6 Å². The van der Waals surface area contributed by atoms with Gasteiger partial charge in [0.25, 0.3) is 5.91 Å². The molecule has 0 aliphatic heterocycles. The molecule has 0 atom stereocenters. The molecule has 0 aliphatic carbocycles. The number of rotatable bonds is 4. The molecule has 26 heavy (non-hydrogen) atoms. The molecule has 0 spiro atoms. The number of amides is 1. The maximum Gasteiger partial charge on any atom is 0.275 e. The fraction of sp³-hybridized carbons (Fsp3) is 0.0556. The number of fused-ring (bicyclic) bond motifs is 1. The summed E-state index contributed by atoms with van der Waals surface area (Å²) in [4.78, 5) is 29.0. The number of hydrogen-bond acceptors (Lipinski definition) is 5. The van der Waals surface area contributed by atoms with Crippen molar-refractivity contribution in [3.63, 3.8) is 0 Å². The zero-order valence-electron chi connectivity index (χ0n) is 13.5. The van der Waals surface area contributed by atoms with E-state index in [1.165, 1.54) is 18.5 Å². The number of anilines is 1. The third kappa shape index (κ3) is 3.12. The Kier molecular flexibility index (Phi) is 4.06. The largest absolute Gasteiger partial charge is 0.311 e. The van der Waals surface area contributed by atoms with Crippen molar-refractivity contribution in [2.45, 2.75) is 6.54 Å². The minimum absolute atomic E-state index is 0.282. The Morgan fingerprint density at radius 3 is 2.65 bits per heavy atom. The summed E-state index contributed by atoms with van der Waals surface area (Å²) in [7, 11) is 0. The smallest absolute Gasteiger partial charge is 0.275 e. The highest BCUT2D eigenvalue weighted by atomic mass is 19.1. The van der Waals surface area contributed by atoms with Crippen molar-refractivity contribution >= 4 is 22.9 Å². The van der Waals surface area contributed by atoms with Crippen molar-refractivity contribution in [2.75, 3.05) is 5.32 Å². The van der Waals surface area contributed by atoms with Crippen LogP contribution in [-0.2, 0) is 6.54 Å². The molecule has 0 fully saturated rings. The van der Waals surface area contributed by atoms with Gasteiger partial charge in [0.1, 0.15) is 17.8 Å². The van der Waals surface area contributed by atoms with Gasteiger partial charge < -0.3 is 9.88 Å². The van der Waals surface area contributed by atoms with Gasteiger partial charge in [-0.15, -0.1) is 0 Å². The van der Waals surface area contributed by atoms with Gasteiger partial charge in [0.15, 0.2) is 17.0 Å². The molecule has 3 aromatic heterocycles. The zero-order valence-corrected chi connectivity index (χ0v) is 13.5. The summed E-state index contributed by atoms with van der Waals surface area (Å²) in [6.45, 7) is 0.474. The monoisotopic (exact) mass is 348 g/mol. The summed E-state index contributed by atoms with van der Waals surface area (Å²) < 4.78 is 14.9. The van der Waals surface area contributed by atoms with Crippen LogP contribution in [0.4, 0.5) is 10.2 Å². The maximum atomic E-state index is 13.0. The van der Waals surface area contributed by atoms with Crippen LogP contribution in [0, 0.1) is 5.82 Å². The Bertz CT molecular complexity index is 1060. The molecule has 128 valence electrons. The number of benzene rings is 1. The summed E-state index contributed by atoms with van der Waals surface area (Å²) in [5.41, 5.74) is 2.23. The Balaban J connectivity index is 1.62. The standard InChI is InChI=1S/C18H13FN6O/c19-13-6-4-12(5-7-13)9-25-11-23-15-16(21-10-22-17(15)25)24-18(26)14-3-1-2-8-20-14/h1-8,10-11H,9H2,(H,21,22,24,26). The molecule has 4 rings (SSSR count). The Hall–Kier alpha value is -3.68. The highest BCUT2D eigenvalue weighted by Gasteiger charge is 2.14. The molecule has 0 unspecified atom stereocenters. The Morgan fingerprint density at radius 2 is 1.88 bits per heavy atom. The second-order valence-electron chi connectivity index (χ2n) is 5.56. The number of nitrogens with zero attached hydrogens (tertiary/aromatic N) is 5. The fourth-order valence-electron chi connectivity index (χ4n) is 2.54. The third-order valence-corrected chi connectivity index (χ3v) is 3.80. The van der Waals surface area contributed by atoms with Crippen LogP contribution in [0.2, 0.25) is 0 Å². The number of imidazole rings is 1. The number of carbonyl (C=O) groups excluding carboxylic acids is 1. The van der Waals surface area contributed by atoms with E-state index in [1.54, 1.807) is 47.4 Å².